The van der Waals surface area contributed by atoms with E-state index in [9.17, 15) is 27.0 Å². The van der Waals surface area contributed by atoms with Crippen molar-refractivity contribution in [3.05, 3.63) is 36.4 Å². The second kappa shape index (κ2) is 17.3. The van der Waals surface area contributed by atoms with Gasteiger partial charge in [0, 0.05) is 72.3 Å². The number of carbonyl (C=O) groups excluding carboxylic acids is 3. The van der Waals surface area contributed by atoms with Crippen LogP contribution in [-0.2, 0) is 43.8 Å². The number of rotatable bonds is 19. The average molecular weight is 743 g/mol. The number of fused-ring (bicyclic) bond motifs is 2. The lowest BCUT2D eigenvalue weighted by atomic mass is 10.0. The molecule has 2 saturated heterocycles. The topological polar surface area (TPSA) is 175 Å². The number of urea groups is 1. The van der Waals surface area contributed by atoms with E-state index in [0.29, 0.717) is 36.4 Å². The zero-order valence-electron chi connectivity index (χ0n) is 27.5. The van der Waals surface area contributed by atoms with Crippen molar-refractivity contribution in [3.8, 4) is 0 Å². The first-order valence-corrected chi connectivity index (χ1v) is 21.1. The summed E-state index contributed by atoms with van der Waals surface area (Å²) in [5, 5.41) is 13.1. The minimum absolute atomic E-state index is 0.0457. The number of nitrogens with zero attached hydrogens (tertiary/aromatic N) is 1. The molecule has 1 unspecified atom stereocenters. The maximum Gasteiger partial charge on any atom is 0.315 e. The molecule has 0 saturated carbocycles. The summed E-state index contributed by atoms with van der Waals surface area (Å²) in [6.07, 6.45) is 4.14. The van der Waals surface area contributed by atoms with Gasteiger partial charge in [-0.1, -0.05) is 30.7 Å². The molecule has 2 heterocycles. The number of carbonyl (C=O) groups is 3. The molecule has 2 aromatic carbocycles. The maximum atomic E-state index is 13.7. The van der Waals surface area contributed by atoms with Crippen LogP contribution in [0.2, 0.25) is 0 Å². The lowest BCUT2D eigenvalue weighted by Gasteiger charge is -2.20. The van der Waals surface area contributed by atoms with E-state index in [0.717, 1.165) is 36.1 Å². The van der Waals surface area contributed by atoms with Crippen LogP contribution in [0.25, 0.3) is 10.8 Å². The van der Waals surface area contributed by atoms with Crippen molar-refractivity contribution in [2.24, 2.45) is 0 Å². The molecular weight excluding hydrogens is 697 g/mol. The van der Waals surface area contributed by atoms with Crippen LogP contribution in [-0.4, -0.2) is 99.6 Å². The SMILES string of the molecule is COS(=O)(=S)CCNC(=O)[C@H](CCCCNC(=O)CCCC[C@@H]1SC[C@H]2NC(=O)N[C@@H]12)NS(=O)(=O)c1cccc2c(N(C)C)cccc12. The van der Waals surface area contributed by atoms with Gasteiger partial charge in [0.2, 0.25) is 21.8 Å². The third kappa shape index (κ3) is 10.4. The number of hydrogen-bond donors (Lipinski definition) is 5. The summed E-state index contributed by atoms with van der Waals surface area (Å²) in [5.74, 6) is 0.180. The first kappa shape index (κ1) is 38.1. The Bertz CT molecular complexity index is 1670. The number of unbranched alkanes of at least 4 members (excludes halogenated alkanes) is 2. The first-order valence-electron chi connectivity index (χ1n) is 16.0. The molecule has 2 fully saturated rings. The van der Waals surface area contributed by atoms with E-state index >= 15 is 0 Å². The van der Waals surface area contributed by atoms with Crippen LogP contribution in [0.4, 0.5) is 10.5 Å². The summed E-state index contributed by atoms with van der Waals surface area (Å²) in [7, 11) is -2.14. The van der Waals surface area contributed by atoms with Gasteiger partial charge < -0.3 is 26.2 Å². The Labute approximate surface area is 292 Å². The normalized spacial score (nSPS) is 20.7. The number of thioether (sulfide) groups is 1. The minimum Gasteiger partial charge on any atom is -0.377 e. The van der Waals surface area contributed by atoms with E-state index in [2.05, 4.69) is 26.0 Å². The molecule has 0 aliphatic carbocycles. The number of sulfonamides is 1. The van der Waals surface area contributed by atoms with Crippen molar-refractivity contribution in [1.29, 1.82) is 0 Å². The predicted molar refractivity (Wildman–Crippen MR) is 194 cm³/mol. The molecular formula is C31H46N6O7S4. The molecule has 0 aromatic heterocycles. The van der Waals surface area contributed by atoms with Gasteiger partial charge in [0.05, 0.1) is 29.8 Å². The molecule has 0 spiro atoms. The summed E-state index contributed by atoms with van der Waals surface area (Å²) in [5.41, 5.74) is 0.856. The van der Waals surface area contributed by atoms with Gasteiger partial charge in [-0.15, -0.1) is 0 Å². The fourth-order valence-corrected chi connectivity index (χ4v) is 9.72. The van der Waals surface area contributed by atoms with Gasteiger partial charge in [-0.2, -0.15) is 16.5 Å². The fourth-order valence-electron chi connectivity index (χ4n) is 5.95. The van der Waals surface area contributed by atoms with Gasteiger partial charge in [0.25, 0.3) is 0 Å². The van der Waals surface area contributed by atoms with Gasteiger partial charge in [-0.3, -0.25) is 13.8 Å². The third-order valence-corrected chi connectivity index (χ3v) is 13.6. The van der Waals surface area contributed by atoms with Crippen LogP contribution in [0.1, 0.15) is 44.9 Å². The lowest BCUT2D eigenvalue weighted by Crippen LogP contribution is -2.47. The monoisotopic (exact) mass is 742 g/mol. The predicted octanol–water partition coefficient (Wildman–Crippen LogP) is 1.99. The van der Waals surface area contributed by atoms with Gasteiger partial charge in [0.1, 0.15) is 14.8 Å². The van der Waals surface area contributed by atoms with Crippen LogP contribution in [0.5, 0.6) is 0 Å². The van der Waals surface area contributed by atoms with Crippen LogP contribution in [0.15, 0.2) is 41.3 Å². The van der Waals surface area contributed by atoms with Crippen LogP contribution < -0.4 is 30.9 Å². The van der Waals surface area contributed by atoms with Crippen molar-refractivity contribution < 1.29 is 31.2 Å². The number of nitrogens with one attached hydrogen (secondary N) is 5. The van der Waals surface area contributed by atoms with E-state index in [1.807, 2.05) is 42.9 Å². The second-order valence-corrected chi connectivity index (χ2v) is 18.5. The lowest BCUT2D eigenvalue weighted by molar-refractivity contribution is -0.123. The molecule has 17 heteroatoms. The number of anilines is 1. The molecule has 0 bridgehead atoms. The average Bonchev–Trinajstić information content (AvgIpc) is 3.60. The highest BCUT2D eigenvalue weighted by molar-refractivity contribution is 8.30. The van der Waals surface area contributed by atoms with E-state index in [-0.39, 0.29) is 47.6 Å². The molecule has 5 N–H and O–H groups in total. The van der Waals surface area contributed by atoms with E-state index in [4.69, 9.17) is 15.4 Å². The van der Waals surface area contributed by atoms with Crippen LogP contribution in [0, 0.1) is 0 Å². The zero-order valence-corrected chi connectivity index (χ0v) is 30.8. The Kier molecular flexibility index (Phi) is 13.7. The highest BCUT2D eigenvalue weighted by Gasteiger charge is 2.42. The van der Waals surface area contributed by atoms with E-state index in [1.165, 1.54) is 13.2 Å². The summed E-state index contributed by atoms with van der Waals surface area (Å²) >= 11 is 6.73. The molecule has 48 heavy (non-hydrogen) atoms. The third-order valence-electron chi connectivity index (χ3n) is 8.47. The zero-order chi connectivity index (χ0) is 34.9. The standard InChI is InChI=1S/C31H46N6O7S4/c1-37(2)25-13-8-11-22-21(25)10-9-15-27(22)48(42,43)36-23(30(39)33-18-19-47(41,45)44-3)12-6-7-17-32-28(38)16-5-4-14-26-29-24(20-46-26)34-31(40)35-29/h8-11,13,15,23-24,26,29,36H,4-7,12,14,16-20H2,1-3H3,(H,32,38)(H,33,39)(H2,34,35,40)/t23-,24+,26-,29+,47?/m0/s1. The van der Waals surface area contributed by atoms with E-state index < -0.39 is 30.7 Å². The van der Waals surface area contributed by atoms with Crippen molar-refractivity contribution in [2.75, 3.05) is 50.7 Å². The quantitative estimate of drug-likeness (QED) is 0.106. The Morgan fingerprint density at radius 1 is 1.02 bits per heavy atom. The first-order chi connectivity index (χ1) is 22.8. The van der Waals surface area contributed by atoms with Crippen molar-refractivity contribution in [1.82, 2.24) is 26.0 Å². The Morgan fingerprint density at radius 3 is 2.52 bits per heavy atom. The molecule has 4 amide bonds. The van der Waals surface area contributed by atoms with Gasteiger partial charge >= 0.3 is 6.03 Å². The summed E-state index contributed by atoms with van der Waals surface area (Å²) in [6.45, 7) is 0.346. The van der Waals surface area contributed by atoms with Crippen LogP contribution in [0.3, 0.4) is 0 Å². The number of hydrogen-bond acceptors (Lipinski definition) is 10. The molecule has 13 nitrogen and oxygen atoms in total. The van der Waals surface area contributed by atoms with Gasteiger partial charge in [-0.05, 0) is 44.2 Å². The van der Waals surface area contributed by atoms with Gasteiger partial charge in [-0.25, -0.2) is 17.4 Å². The summed E-state index contributed by atoms with van der Waals surface area (Å²) < 4.78 is 46.9. The second-order valence-electron chi connectivity index (χ2n) is 12.1. The highest BCUT2D eigenvalue weighted by atomic mass is 32.8. The maximum absolute atomic E-state index is 13.7. The summed E-state index contributed by atoms with van der Waals surface area (Å²) in [4.78, 5) is 39.2. The molecule has 4 rings (SSSR count). The Morgan fingerprint density at radius 2 is 1.77 bits per heavy atom. The molecule has 0 radical (unpaired) electrons. The molecule has 2 aliphatic heterocycles. The molecule has 266 valence electrons. The molecule has 5 atom stereocenters. The fraction of sp³-hybridized carbons (Fsp3) is 0.581. The van der Waals surface area contributed by atoms with Crippen molar-refractivity contribution in [3.63, 3.8) is 0 Å². The Hall–Kier alpha value is -2.70. The minimum atomic E-state index is -4.14. The molecule has 2 aromatic rings. The van der Waals surface area contributed by atoms with Gasteiger partial charge in [0.15, 0.2) is 0 Å². The van der Waals surface area contributed by atoms with Crippen molar-refractivity contribution in [2.45, 2.75) is 73.2 Å². The Balaban J connectivity index is 1.29. The van der Waals surface area contributed by atoms with Crippen molar-refractivity contribution >= 4 is 76.1 Å². The van der Waals surface area contributed by atoms with E-state index in [1.54, 1.807) is 18.2 Å². The number of benzene rings is 2. The number of amides is 4. The summed E-state index contributed by atoms with van der Waals surface area (Å²) in [6, 6.07) is 9.57. The smallest absolute Gasteiger partial charge is 0.315 e. The highest BCUT2D eigenvalue weighted by Crippen LogP contribution is 2.33. The molecule has 2 aliphatic rings. The largest absolute Gasteiger partial charge is 0.377 e. The van der Waals surface area contributed by atoms with Crippen LogP contribution >= 0.6 is 11.8 Å².